The highest BCUT2D eigenvalue weighted by atomic mass is 16.4. The number of phenolic OH excluding ortho intramolecular Hbond substituents is 1. The maximum absolute atomic E-state index is 14.0. The molecule has 1 fully saturated rings. The fourth-order valence-electron chi connectivity index (χ4n) is 6.28. The molecule has 1 aromatic rings. The van der Waals surface area contributed by atoms with Crippen molar-refractivity contribution in [3.05, 3.63) is 29.8 Å². The largest absolute Gasteiger partial charge is 0.508 e. The molecule has 0 saturated carbocycles. The Bertz CT molecular complexity index is 1840. The minimum Gasteiger partial charge on any atom is -0.508 e. The lowest BCUT2D eigenvalue weighted by Crippen LogP contribution is -2.60. The first kappa shape index (κ1) is 51.1. The number of nitrogens with two attached hydrogens (primary N) is 6. The van der Waals surface area contributed by atoms with E-state index in [1.54, 1.807) is 0 Å². The average Bonchev–Trinajstić information content (AvgIpc) is 3.68. The van der Waals surface area contributed by atoms with Gasteiger partial charge in [0.2, 0.25) is 53.2 Å². The van der Waals surface area contributed by atoms with E-state index < -0.39 is 127 Å². The number of hydrogen-bond acceptors (Lipinski definition) is 13. The fraction of sp³-hybridized carbons (Fsp3) is 0.541. The van der Waals surface area contributed by atoms with Gasteiger partial charge in [0.25, 0.3) is 0 Å². The van der Waals surface area contributed by atoms with E-state index in [9.17, 15) is 58.2 Å². The number of likely N-dealkylation sites (tertiary alicyclic amines) is 1. The van der Waals surface area contributed by atoms with Crippen molar-refractivity contribution in [1.82, 2.24) is 31.5 Å². The quantitative estimate of drug-likeness (QED) is 0.0234. The van der Waals surface area contributed by atoms with E-state index in [0.717, 1.165) is 0 Å². The summed E-state index contributed by atoms with van der Waals surface area (Å²) in [6, 6.07) is -4.57. The lowest BCUT2D eigenvalue weighted by Gasteiger charge is -2.28. The first-order valence-electron chi connectivity index (χ1n) is 19.6. The molecule has 0 spiro atoms. The minimum atomic E-state index is -1.83. The summed E-state index contributed by atoms with van der Waals surface area (Å²) in [4.78, 5) is 134. The Balaban J connectivity index is 2.42. The molecule has 1 heterocycles. The van der Waals surface area contributed by atoms with E-state index in [4.69, 9.17) is 34.4 Å². The van der Waals surface area contributed by atoms with Gasteiger partial charge in [-0.25, -0.2) is 4.79 Å². The van der Waals surface area contributed by atoms with E-state index in [1.807, 2.05) is 0 Å². The minimum absolute atomic E-state index is 0.0329. The third-order valence-corrected chi connectivity index (χ3v) is 9.46. The Morgan fingerprint density at radius 1 is 0.710 bits per heavy atom. The van der Waals surface area contributed by atoms with E-state index in [1.165, 1.54) is 36.1 Å². The van der Waals surface area contributed by atoms with Gasteiger partial charge in [0.05, 0.1) is 12.5 Å². The van der Waals surface area contributed by atoms with Crippen LogP contribution in [-0.4, -0.2) is 136 Å². The van der Waals surface area contributed by atoms with Crippen LogP contribution in [-0.2, 0) is 54.4 Å². The van der Waals surface area contributed by atoms with Crippen molar-refractivity contribution in [3.63, 3.8) is 0 Å². The van der Waals surface area contributed by atoms with Crippen molar-refractivity contribution < 1.29 is 58.2 Å². The number of carboxylic acids is 1. The van der Waals surface area contributed by atoms with Crippen molar-refractivity contribution >= 4 is 65.1 Å². The number of guanidine groups is 1. The van der Waals surface area contributed by atoms with Crippen LogP contribution < -0.4 is 61.0 Å². The number of rotatable bonds is 26. The number of aliphatic carboxylic acids is 1. The number of benzene rings is 1. The third kappa shape index (κ3) is 17.7. The van der Waals surface area contributed by atoms with Crippen molar-refractivity contribution in [2.24, 2.45) is 39.4 Å². The number of carbonyl (C=O) groups is 10. The Hall–Kier alpha value is -7.05. The van der Waals surface area contributed by atoms with Gasteiger partial charge in [-0.3, -0.25) is 48.1 Å². The normalized spacial score (nSPS) is 16.2. The standard InChI is InChI=1S/C37H57N13O12/c1-18(38)35(60)50-15-3-5-26(50)34(59)46-22(11-13-28(40)53)31(56)48-24(16-19-6-8-20(51)9-7-19)32(57)49-25(17-29(41)54)33(58)45-21(10-12-27(39)52)30(55)47-23(36(61)62)4-2-14-44-37(42)43/h6-9,18,21-26,51H,2-5,10-17,38H2,1H3,(H2,39,52)(H2,40,53)(H2,41,54)(H,45,58)(H,46,59)(H,47,55)(H,48,56)(H,49,57)(H,61,62)(H4,42,43,44)/t18-,21-,22-,23-,24-,25-,26-/m0/s1. The predicted octanol–water partition coefficient (Wildman–Crippen LogP) is -5.76. The SMILES string of the molecule is C[C@H](N)C(=O)N1CCC[C@H]1C(=O)N[C@@H](CCC(N)=O)C(=O)N[C@@H](Cc1ccc(O)cc1)C(=O)N[C@@H](CC(N)=O)C(=O)N[C@@H](CCC(N)=O)C(=O)N[C@@H](CCCN=C(N)N)C(=O)O. The van der Waals surface area contributed by atoms with Crippen molar-refractivity contribution in [2.45, 2.75) is 113 Å². The number of amides is 9. The molecule has 25 nitrogen and oxygen atoms in total. The topological polar surface area (TPSA) is 443 Å². The summed E-state index contributed by atoms with van der Waals surface area (Å²) in [6.07, 6.45) is -2.15. The van der Waals surface area contributed by atoms with Gasteiger partial charge in [-0.15, -0.1) is 0 Å². The number of aromatic hydroxyl groups is 1. The Morgan fingerprint density at radius 2 is 1.21 bits per heavy atom. The van der Waals surface area contributed by atoms with Gasteiger partial charge in [-0.1, -0.05) is 12.1 Å². The molecule has 0 aliphatic carbocycles. The van der Waals surface area contributed by atoms with Gasteiger partial charge in [0.1, 0.15) is 42.0 Å². The number of aliphatic imine (C=N–C) groups is 1. The zero-order valence-electron chi connectivity index (χ0n) is 34.2. The molecule has 7 atom stereocenters. The molecule has 62 heavy (non-hydrogen) atoms. The van der Waals surface area contributed by atoms with E-state index >= 15 is 0 Å². The molecular weight excluding hydrogens is 818 g/mol. The number of nitrogens with zero attached hydrogens (tertiary/aromatic N) is 2. The average molecular weight is 876 g/mol. The Morgan fingerprint density at radius 3 is 1.73 bits per heavy atom. The third-order valence-electron chi connectivity index (χ3n) is 9.46. The van der Waals surface area contributed by atoms with Crippen LogP contribution in [0.25, 0.3) is 0 Å². The second-order valence-electron chi connectivity index (χ2n) is 14.6. The Kier molecular flexibility index (Phi) is 20.5. The summed E-state index contributed by atoms with van der Waals surface area (Å²) >= 11 is 0. The molecule has 25 heteroatoms. The first-order chi connectivity index (χ1) is 29.1. The first-order valence-corrected chi connectivity index (χ1v) is 19.6. The van der Waals surface area contributed by atoms with E-state index in [0.29, 0.717) is 12.0 Å². The second kappa shape index (κ2) is 24.9. The monoisotopic (exact) mass is 875 g/mol. The molecule has 1 saturated heterocycles. The van der Waals surface area contributed by atoms with Gasteiger partial charge in [-0.2, -0.15) is 0 Å². The highest BCUT2D eigenvalue weighted by Crippen LogP contribution is 2.19. The van der Waals surface area contributed by atoms with Crippen LogP contribution in [0.1, 0.15) is 70.3 Å². The number of nitrogens with one attached hydrogen (secondary N) is 5. The Labute approximate surface area is 355 Å². The summed E-state index contributed by atoms with van der Waals surface area (Å²) in [6.45, 7) is 1.71. The van der Waals surface area contributed by atoms with Gasteiger partial charge in [-0.05, 0) is 63.1 Å². The fourth-order valence-corrected chi connectivity index (χ4v) is 6.28. The van der Waals surface area contributed by atoms with Crippen LogP contribution in [0.3, 0.4) is 0 Å². The lowest BCUT2D eigenvalue weighted by atomic mass is 10.0. The second-order valence-corrected chi connectivity index (χ2v) is 14.6. The van der Waals surface area contributed by atoms with Crippen molar-refractivity contribution in [1.29, 1.82) is 0 Å². The molecule has 0 aromatic heterocycles. The smallest absolute Gasteiger partial charge is 0.326 e. The van der Waals surface area contributed by atoms with Crippen LogP contribution in [0, 0.1) is 0 Å². The van der Waals surface area contributed by atoms with Crippen LogP contribution in [0.15, 0.2) is 29.3 Å². The van der Waals surface area contributed by atoms with Gasteiger partial charge in [0, 0.05) is 32.4 Å². The zero-order valence-corrected chi connectivity index (χ0v) is 34.2. The molecule has 1 aromatic carbocycles. The van der Waals surface area contributed by atoms with Crippen LogP contribution >= 0.6 is 0 Å². The zero-order chi connectivity index (χ0) is 46.7. The molecule has 0 unspecified atom stereocenters. The molecule has 9 amide bonds. The predicted molar refractivity (Wildman–Crippen MR) is 218 cm³/mol. The van der Waals surface area contributed by atoms with Gasteiger partial charge >= 0.3 is 5.97 Å². The van der Waals surface area contributed by atoms with E-state index in [2.05, 4.69) is 31.6 Å². The number of phenols is 1. The number of carbonyl (C=O) groups excluding carboxylic acids is 9. The van der Waals surface area contributed by atoms with E-state index in [-0.39, 0.29) is 56.9 Å². The molecular formula is C37H57N13O12. The molecule has 0 radical (unpaired) electrons. The maximum Gasteiger partial charge on any atom is 0.326 e. The van der Waals surface area contributed by atoms with Gasteiger partial charge < -0.3 is 76.1 Å². The van der Waals surface area contributed by atoms with Crippen LogP contribution in [0.2, 0.25) is 0 Å². The molecule has 2 rings (SSSR count). The molecule has 1 aliphatic heterocycles. The highest BCUT2D eigenvalue weighted by Gasteiger charge is 2.38. The summed E-state index contributed by atoms with van der Waals surface area (Å²) in [7, 11) is 0. The number of hydrogen-bond donors (Lipinski definition) is 13. The summed E-state index contributed by atoms with van der Waals surface area (Å²) in [5.74, 6) is -10.2. The molecule has 342 valence electrons. The van der Waals surface area contributed by atoms with Crippen LogP contribution in [0.5, 0.6) is 5.75 Å². The summed E-state index contributed by atoms with van der Waals surface area (Å²) < 4.78 is 0. The number of carboxylic acid groups (broad SMARTS) is 1. The van der Waals surface area contributed by atoms with Crippen molar-refractivity contribution in [2.75, 3.05) is 13.1 Å². The highest BCUT2D eigenvalue weighted by molar-refractivity contribution is 5.98. The lowest BCUT2D eigenvalue weighted by molar-refractivity contribution is -0.142. The molecule has 1 aliphatic rings. The van der Waals surface area contributed by atoms with Crippen LogP contribution in [0.4, 0.5) is 0 Å². The van der Waals surface area contributed by atoms with Crippen molar-refractivity contribution in [3.8, 4) is 5.75 Å². The van der Waals surface area contributed by atoms with Gasteiger partial charge in [0.15, 0.2) is 5.96 Å². The molecule has 0 bridgehead atoms. The summed E-state index contributed by atoms with van der Waals surface area (Å²) in [5.41, 5.74) is 32.7. The number of primary amides is 3. The maximum atomic E-state index is 14.0. The molecule has 19 N–H and O–H groups in total. The summed E-state index contributed by atoms with van der Waals surface area (Å²) in [5, 5.41) is 31.4.